The standard InChI is InChI=1S/C22H20F3N5O2/c1-13-3-5-17(28-15-4-6-18-14(9-15)10-27-29(18)2)20-16(13)7-8-30(21(20)32)11-19(31)26-12-22(23,24)25/h3-10,28H,11-12H2,1-2H3,(H,26,31). The van der Waals surface area contributed by atoms with E-state index < -0.39 is 30.7 Å². The molecule has 166 valence electrons. The molecular weight excluding hydrogens is 423 g/mol. The normalized spacial score (nSPS) is 11.8. The summed E-state index contributed by atoms with van der Waals surface area (Å²) in [6, 6.07) is 11.0. The molecule has 4 rings (SSSR count). The first-order valence-electron chi connectivity index (χ1n) is 9.77. The molecule has 0 saturated heterocycles. The van der Waals surface area contributed by atoms with Gasteiger partial charge < -0.3 is 15.2 Å². The molecule has 2 heterocycles. The van der Waals surface area contributed by atoms with Crippen molar-refractivity contribution in [1.29, 1.82) is 0 Å². The van der Waals surface area contributed by atoms with Gasteiger partial charge in [-0.15, -0.1) is 0 Å². The van der Waals surface area contributed by atoms with Crippen LogP contribution in [0, 0.1) is 6.92 Å². The first kappa shape index (κ1) is 21.4. The number of pyridine rings is 1. The van der Waals surface area contributed by atoms with E-state index in [1.807, 2.05) is 38.2 Å². The van der Waals surface area contributed by atoms with Crippen molar-refractivity contribution in [2.24, 2.45) is 7.05 Å². The Morgan fingerprint density at radius 2 is 1.94 bits per heavy atom. The van der Waals surface area contributed by atoms with Gasteiger partial charge in [-0.05, 0) is 48.2 Å². The van der Waals surface area contributed by atoms with E-state index in [4.69, 9.17) is 0 Å². The van der Waals surface area contributed by atoms with Crippen molar-refractivity contribution < 1.29 is 18.0 Å². The summed E-state index contributed by atoms with van der Waals surface area (Å²) in [5.41, 5.74) is 2.62. The Bertz CT molecular complexity index is 1390. The highest BCUT2D eigenvalue weighted by Crippen LogP contribution is 2.28. The van der Waals surface area contributed by atoms with E-state index in [2.05, 4.69) is 10.4 Å². The fourth-order valence-corrected chi connectivity index (χ4v) is 3.58. The number of nitrogens with one attached hydrogen (secondary N) is 2. The lowest BCUT2D eigenvalue weighted by Crippen LogP contribution is -2.37. The number of nitrogens with zero attached hydrogens (tertiary/aromatic N) is 3. The van der Waals surface area contributed by atoms with Crippen LogP contribution in [0.5, 0.6) is 0 Å². The molecule has 0 fully saturated rings. The number of anilines is 2. The number of aromatic nitrogens is 3. The summed E-state index contributed by atoms with van der Waals surface area (Å²) in [6.07, 6.45) is -1.37. The highest BCUT2D eigenvalue weighted by atomic mass is 19.4. The molecule has 0 aliphatic carbocycles. The van der Waals surface area contributed by atoms with Gasteiger partial charge in [-0.1, -0.05) is 6.07 Å². The number of amides is 1. The molecule has 0 saturated carbocycles. The number of rotatable bonds is 5. The van der Waals surface area contributed by atoms with Crippen LogP contribution < -0.4 is 16.2 Å². The first-order valence-corrected chi connectivity index (χ1v) is 9.77. The Balaban J connectivity index is 1.69. The molecule has 0 aliphatic rings. The third kappa shape index (κ3) is 4.29. The highest BCUT2D eigenvalue weighted by molar-refractivity contribution is 5.97. The molecular formula is C22H20F3N5O2. The summed E-state index contributed by atoms with van der Waals surface area (Å²) in [4.78, 5) is 25.1. The maximum absolute atomic E-state index is 13.2. The average molecular weight is 443 g/mol. The predicted octanol–water partition coefficient (Wildman–Crippen LogP) is 3.62. The van der Waals surface area contributed by atoms with Gasteiger partial charge in [0.05, 0.1) is 22.8 Å². The molecule has 0 unspecified atom stereocenters. The molecule has 2 aromatic carbocycles. The first-order chi connectivity index (χ1) is 15.1. The molecule has 0 aliphatic heterocycles. The zero-order chi connectivity index (χ0) is 23.0. The van der Waals surface area contributed by atoms with E-state index in [9.17, 15) is 22.8 Å². The molecule has 2 aromatic heterocycles. The fraction of sp³-hybridized carbons (Fsp3) is 0.227. The summed E-state index contributed by atoms with van der Waals surface area (Å²) in [5, 5.41) is 11.2. The van der Waals surface area contributed by atoms with E-state index >= 15 is 0 Å². The summed E-state index contributed by atoms with van der Waals surface area (Å²) in [5.74, 6) is -0.895. The molecule has 4 aromatic rings. The number of hydrogen-bond donors (Lipinski definition) is 2. The van der Waals surface area contributed by atoms with E-state index in [0.717, 1.165) is 26.7 Å². The molecule has 0 bridgehead atoms. The quantitative estimate of drug-likeness (QED) is 0.494. The number of benzene rings is 2. The molecule has 0 spiro atoms. The predicted molar refractivity (Wildman–Crippen MR) is 116 cm³/mol. The van der Waals surface area contributed by atoms with Crippen LogP contribution in [0.4, 0.5) is 24.5 Å². The topological polar surface area (TPSA) is 81.0 Å². The third-order valence-corrected chi connectivity index (χ3v) is 5.18. The molecule has 0 radical (unpaired) electrons. The minimum absolute atomic E-state index is 0.349. The van der Waals surface area contributed by atoms with Gasteiger partial charge in [-0.3, -0.25) is 14.3 Å². The second kappa shape index (κ2) is 8.03. The number of carbonyl (C=O) groups excluding carboxylic acids is 1. The molecule has 7 nitrogen and oxygen atoms in total. The number of halogens is 3. The Labute approximate surface area is 180 Å². The van der Waals surface area contributed by atoms with E-state index in [1.165, 1.54) is 6.20 Å². The third-order valence-electron chi connectivity index (χ3n) is 5.18. The van der Waals surface area contributed by atoms with Crippen LogP contribution in [0.3, 0.4) is 0 Å². The molecule has 10 heteroatoms. The minimum Gasteiger partial charge on any atom is -0.355 e. The van der Waals surface area contributed by atoms with Gasteiger partial charge >= 0.3 is 6.18 Å². The number of alkyl halides is 3. The average Bonchev–Trinajstić information content (AvgIpc) is 3.10. The van der Waals surface area contributed by atoms with Crippen molar-refractivity contribution in [1.82, 2.24) is 19.7 Å². The van der Waals surface area contributed by atoms with E-state index in [1.54, 1.807) is 28.3 Å². The number of carbonyl (C=O) groups is 1. The Kier molecular flexibility index (Phi) is 5.37. The molecule has 1 amide bonds. The second-order valence-corrected chi connectivity index (χ2v) is 7.53. The Morgan fingerprint density at radius 1 is 1.16 bits per heavy atom. The van der Waals surface area contributed by atoms with Crippen LogP contribution in [0.1, 0.15) is 5.56 Å². The van der Waals surface area contributed by atoms with Crippen LogP contribution in [-0.2, 0) is 18.4 Å². The zero-order valence-electron chi connectivity index (χ0n) is 17.3. The van der Waals surface area contributed by atoms with Gasteiger partial charge in [0, 0.05) is 24.3 Å². The lowest BCUT2D eigenvalue weighted by atomic mass is 10.1. The van der Waals surface area contributed by atoms with Crippen molar-refractivity contribution >= 4 is 39.0 Å². The Morgan fingerprint density at radius 3 is 2.69 bits per heavy atom. The van der Waals surface area contributed by atoms with Gasteiger partial charge in [0.25, 0.3) is 5.56 Å². The summed E-state index contributed by atoms with van der Waals surface area (Å²) in [6.45, 7) is -0.107. The Hall–Kier alpha value is -3.82. The van der Waals surface area contributed by atoms with Gasteiger partial charge in [0.15, 0.2) is 0 Å². The molecule has 0 atom stereocenters. The monoisotopic (exact) mass is 443 g/mol. The summed E-state index contributed by atoms with van der Waals surface area (Å²) >= 11 is 0. The number of fused-ring (bicyclic) bond motifs is 2. The summed E-state index contributed by atoms with van der Waals surface area (Å²) < 4.78 is 39.9. The maximum Gasteiger partial charge on any atom is 0.405 e. The SMILES string of the molecule is Cc1ccc(Nc2ccc3c(cnn3C)c2)c2c(=O)n(CC(=O)NCC(F)(F)F)ccc12. The van der Waals surface area contributed by atoms with Crippen molar-refractivity contribution in [2.75, 3.05) is 11.9 Å². The highest BCUT2D eigenvalue weighted by Gasteiger charge is 2.27. The largest absolute Gasteiger partial charge is 0.405 e. The smallest absolute Gasteiger partial charge is 0.355 e. The van der Waals surface area contributed by atoms with E-state index in [-0.39, 0.29) is 0 Å². The van der Waals surface area contributed by atoms with Gasteiger partial charge in [-0.2, -0.15) is 18.3 Å². The number of hydrogen-bond acceptors (Lipinski definition) is 4. The second-order valence-electron chi connectivity index (χ2n) is 7.53. The van der Waals surface area contributed by atoms with Gasteiger partial charge in [-0.25, -0.2) is 0 Å². The molecule has 32 heavy (non-hydrogen) atoms. The number of aryl methyl sites for hydroxylation is 2. The van der Waals surface area contributed by atoms with E-state index in [0.29, 0.717) is 16.5 Å². The minimum atomic E-state index is -4.52. The summed E-state index contributed by atoms with van der Waals surface area (Å²) in [7, 11) is 1.84. The fourth-order valence-electron chi connectivity index (χ4n) is 3.58. The van der Waals surface area contributed by atoms with Crippen LogP contribution >= 0.6 is 0 Å². The van der Waals surface area contributed by atoms with Crippen LogP contribution in [-0.4, -0.2) is 33.0 Å². The lowest BCUT2D eigenvalue weighted by molar-refractivity contribution is -0.138. The van der Waals surface area contributed by atoms with Crippen molar-refractivity contribution in [3.05, 3.63) is 64.7 Å². The van der Waals surface area contributed by atoms with Crippen LogP contribution in [0.15, 0.2) is 53.6 Å². The van der Waals surface area contributed by atoms with Crippen molar-refractivity contribution in [3.63, 3.8) is 0 Å². The van der Waals surface area contributed by atoms with Gasteiger partial charge in [0.2, 0.25) is 5.91 Å². The lowest BCUT2D eigenvalue weighted by Gasteiger charge is -2.14. The van der Waals surface area contributed by atoms with Gasteiger partial charge in [0.1, 0.15) is 13.1 Å². The van der Waals surface area contributed by atoms with Crippen molar-refractivity contribution in [3.8, 4) is 0 Å². The zero-order valence-corrected chi connectivity index (χ0v) is 17.3. The van der Waals surface area contributed by atoms with Crippen LogP contribution in [0.2, 0.25) is 0 Å². The maximum atomic E-state index is 13.2. The van der Waals surface area contributed by atoms with Crippen molar-refractivity contribution in [2.45, 2.75) is 19.6 Å². The van der Waals surface area contributed by atoms with Crippen LogP contribution in [0.25, 0.3) is 21.7 Å². The molecule has 2 N–H and O–H groups in total.